The predicted octanol–water partition coefficient (Wildman–Crippen LogP) is 1.50. The van der Waals surface area contributed by atoms with Gasteiger partial charge in [0.2, 0.25) is 0 Å². The molecule has 0 aliphatic carbocycles. The molecule has 0 saturated carbocycles. The summed E-state index contributed by atoms with van der Waals surface area (Å²) in [5.74, 6) is -1.11. The van der Waals surface area contributed by atoms with Gasteiger partial charge in [-0.2, -0.15) is 0 Å². The lowest BCUT2D eigenvalue weighted by Crippen LogP contribution is -2.05. The van der Waals surface area contributed by atoms with E-state index in [1.54, 1.807) is 12.3 Å². The summed E-state index contributed by atoms with van der Waals surface area (Å²) in [6.45, 7) is 0. The normalized spacial score (nSPS) is 10.6. The van der Waals surface area contributed by atoms with Crippen molar-refractivity contribution in [2.75, 3.05) is 6.26 Å². The third kappa shape index (κ3) is 3.16. The van der Waals surface area contributed by atoms with E-state index in [-0.39, 0.29) is 12.1 Å². The van der Waals surface area contributed by atoms with Crippen LogP contribution in [0.2, 0.25) is 0 Å². The fourth-order valence-corrected chi connectivity index (χ4v) is 1.36. The lowest BCUT2D eigenvalue weighted by Gasteiger charge is -2.01. The molecule has 1 aromatic heterocycles. The molecular formula is C10H10N2O3S. The Labute approximate surface area is 96.6 Å². The number of aromatic carboxylic acids is 1. The number of aldehydes is 1. The van der Waals surface area contributed by atoms with Gasteiger partial charge in [0.15, 0.2) is 10.9 Å². The lowest BCUT2D eigenvalue weighted by molar-refractivity contribution is -0.107. The second-order valence-electron chi connectivity index (χ2n) is 2.77. The van der Waals surface area contributed by atoms with Gasteiger partial charge in [-0.1, -0.05) is 23.9 Å². The second-order valence-corrected chi connectivity index (χ2v) is 3.54. The van der Waals surface area contributed by atoms with E-state index in [4.69, 9.17) is 5.11 Å². The molecule has 0 aliphatic rings. The van der Waals surface area contributed by atoms with E-state index in [1.165, 1.54) is 24.0 Å². The van der Waals surface area contributed by atoms with Crippen molar-refractivity contribution in [2.24, 2.45) is 0 Å². The van der Waals surface area contributed by atoms with Crippen molar-refractivity contribution < 1.29 is 14.7 Å². The molecule has 0 amide bonds. The van der Waals surface area contributed by atoms with Gasteiger partial charge >= 0.3 is 5.97 Å². The van der Waals surface area contributed by atoms with Crippen LogP contribution in [0.1, 0.15) is 22.5 Å². The van der Waals surface area contributed by atoms with Crippen LogP contribution in [0.3, 0.4) is 0 Å². The van der Waals surface area contributed by atoms with E-state index in [1.807, 2.05) is 0 Å². The number of carbonyl (C=O) groups is 2. The van der Waals surface area contributed by atoms with E-state index in [9.17, 15) is 9.59 Å². The topological polar surface area (TPSA) is 80.2 Å². The zero-order valence-electron chi connectivity index (χ0n) is 8.58. The van der Waals surface area contributed by atoms with Gasteiger partial charge < -0.3 is 9.90 Å². The molecule has 5 nitrogen and oxygen atoms in total. The number of rotatable bonds is 5. The Hall–Kier alpha value is -1.69. The summed E-state index contributed by atoms with van der Waals surface area (Å²) in [5, 5.41) is 9.35. The lowest BCUT2D eigenvalue weighted by atomic mass is 10.2. The molecule has 0 bridgehead atoms. The van der Waals surface area contributed by atoms with Crippen LogP contribution in [-0.4, -0.2) is 33.6 Å². The van der Waals surface area contributed by atoms with E-state index in [0.29, 0.717) is 10.7 Å². The number of thioether (sulfide) groups is 1. The largest absolute Gasteiger partial charge is 0.476 e. The van der Waals surface area contributed by atoms with Gasteiger partial charge in [-0.3, -0.25) is 0 Å². The Morgan fingerprint density at radius 2 is 2.38 bits per heavy atom. The van der Waals surface area contributed by atoms with Crippen LogP contribution in [0.4, 0.5) is 0 Å². The molecule has 1 aromatic rings. The summed E-state index contributed by atoms with van der Waals surface area (Å²) in [6.07, 6.45) is 7.27. The molecule has 0 saturated heterocycles. The number of allylic oxidation sites excluding steroid dienone is 1. The Morgan fingerprint density at radius 3 is 2.94 bits per heavy atom. The Balaban J connectivity index is 3.07. The van der Waals surface area contributed by atoms with Gasteiger partial charge in [0, 0.05) is 18.2 Å². The highest BCUT2D eigenvalue weighted by atomic mass is 32.2. The van der Waals surface area contributed by atoms with Crippen LogP contribution in [0, 0.1) is 0 Å². The van der Waals surface area contributed by atoms with Crippen molar-refractivity contribution in [3.63, 3.8) is 0 Å². The van der Waals surface area contributed by atoms with E-state index < -0.39 is 5.97 Å². The van der Waals surface area contributed by atoms with E-state index in [0.717, 1.165) is 6.29 Å². The minimum Gasteiger partial charge on any atom is -0.476 e. The first-order valence-corrected chi connectivity index (χ1v) is 5.66. The van der Waals surface area contributed by atoms with Gasteiger partial charge in [0.05, 0.1) is 0 Å². The molecule has 0 fully saturated rings. The molecule has 0 atom stereocenters. The maximum atomic E-state index is 10.9. The molecule has 0 radical (unpaired) electrons. The molecule has 0 aliphatic heterocycles. The summed E-state index contributed by atoms with van der Waals surface area (Å²) in [4.78, 5) is 28.9. The van der Waals surface area contributed by atoms with Gasteiger partial charge in [-0.05, 0) is 6.26 Å². The number of carbonyl (C=O) groups excluding carboxylic acids is 1. The van der Waals surface area contributed by atoms with E-state index >= 15 is 0 Å². The van der Waals surface area contributed by atoms with Gasteiger partial charge in [0.1, 0.15) is 6.29 Å². The van der Waals surface area contributed by atoms with E-state index in [2.05, 4.69) is 9.97 Å². The van der Waals surface area contributed by atoms with Crippen molar-refractivity contribution in [2.45, 2.75) is 11.6 Å². The first-order valence-electron chi connectivity index (χ1n) is 4.43. The molecule has 0 aromatic carbocycles. The third-order valence-electron chi connectivity index (χ3n) is 1.71. The predicted molar refractivity (Wildman–Crippen MR) is 60.5 cm³/mol. The van der Waals surface area contributed by atoms with Crippen LogP contribution in [0.5, 0.6) is 0 Å². The maximum absolute atomic E-state index is 10.9. The number of carboxylic acid groups (broad SMARTS) is 1. The zero-order chi connectivity index (χ0) is 12.0. The summed E-state index contributed by atoms with van der Waals surface area (Å²) in [7, 11) is 0. The number of hydrogen-bond acceptors (Lipinski definition) is 5. The SMILES string of the molecule is CSc1ncc(C=CCC=O)c(C(=O)O)n1. The number of aromatic nitrogens is 2. The average molecular weight is 238 g/mol. The summed E-state index contributed by atoms with van der Waals surface area (Å²) >= 11 is 1.27. The van der Waals surface area contributed by atoms with Crippen LogP contribution in [-0.2, 0) is 4.79 Å². The molecule has 1 rings (SSSR count). The second kappa shape index (κ2) is 6.02. The molecule has 6 heteroatoms. The standard InChI is InChI=1S/C10H10N2O3S/c1-16-10-11-6-7(4-2-3-5-13)8(12-10)9(14)15/h2,4-6H,3H2,1H3,(H,14,15). The molecule has 84 valence electrons. The number of carboxylic acids is 1. The highest BCUT2D eigenvalue weighted by molar-refractivity contribution is 7.98. The highest BCUT2D eigenvalue weighted by Gasteiger charge is 2.11. The van der Waals surface area contributed by atoms with Crippen LogP contribution in [0.25, 0.3) is 6.08 Å². The molecule has 0 unspecified atom stereocenters. The maximum Gasteiger partial charge on any atom is 0.355 e. The first-order chi connectivity index (χ1) is 7.69. The first kappa shape index (κ1) is 12.4. The van der Waals surface area contributed by atoms with Crippen molar-refractivity contribution in [3.8, 4) is 0 Å². The molecule has 0 spiro atoms. The molecular weight excluding hydrogens is 228 g/mol. The van der Waals surface area contributed by atoms with Gasteiger partial charge in [-0.15, -0.1) is 0 Å². The molecule has 1 heterocycles. The summed E-state index contributed by atoms with van der Waals surface area (Å²) < 4.78 is 0. The molecule has 16 heavy (non-hydrogen) atoms. The van der Waals surface area contributed by atoms with Crippen LogP contribution < -0.4 is 0 Å². The average Bonchev–Trinajstić information content (AvgIpc) is 2.29. The quantitative estimate of drug-likeness (QED) is 0.475. The minimum atomic E-state index is -1.11. The Bertz CT molecular complexity index is 432. The van der Waals surface area contributed by atoms with Crippen LogP contribution >= 0.6 is 11.8 Å². The van der Waals surface area contributed by atoms with Gasteiger partial charge in [0.25, 0.3) is 0 Å². The minimum absolute atomic E-state index is 0.0542. The Morgan fingerprint density at radius 1 is 1.62 bits per heavy atom. The monoisotopic (exact) mass is 238 g/mol. The van der Waals surface area contributed by atoms with Gasteiger partial charge in [-0.25, -0.2) is 14.8 Å². The fraction of sp³-hybridized carbons (Fsp3) is 0.200. The fourth-order valence-electron chi connectivity index (χ4n) is 1.02. The van der Waals surface area contributed by atoms with Crippen molar-refractivity contribution in [3.05, 3.63) is 23.5 Å². The number of nitrogens with zero attached hydrogens (tertiary/aromatic N) is 2. The van der Waals surface area contributed by atoms with Crippen LogP contribution in [0.15, 0.2) is 17.4 Å². The van der Waals surface area contributed by atoms with Crippen molar-refractivity contribution in [1.29, 1.82) is 0 Å². The Kier molecular flexibility index (Phi) is 4.65. The molecule has 1 N–H and O–H groups in total. The third-order valence-corrected chi connectivity index (χ3v) is 2.27. The zero-order valence-corrected chi connectivity index (χ0v) is 9.40. The van der Waals surface area contributed by atoms with Crippen molar-refractivity contribution in [1.82, 2.24) is 9.97 Å². The summed E-state index contributed by atoms with van der Waals surface area (Å²) in [5.41, 5.74) is 0.341. The van der Waals surface area contributed by atoms with Crippen molar-refractivity contribution >= 4 is 30.1 Å². The number of hydrogen-bond donors (Lipinski definition) is 1. The highest BCUT2D eigenvalue weighted by Crippen LogP contribution is 2.13. The summed E-state index contributed by atoms with van der Waals surface area (Å²) in [6, 6.07) is 0. The smallest absolute Gasteiger partial charge is 0.355 e.